The fourth-order valence-electron chi connectivity index (χ4n) is 9.74. The fraction of sp³-hybridized carbons (Fsp3) is 0.699. The molecule has 0 aromatic rings. The van der Waals surface area contributed by atoms with Crippen LogP contribution in [-0.2, 0) is 42.9 Å². The molecule has 12 heteroatoms. The van der Waals surface area contributed by atoms with Gasteiger partial charge in [0.2, 0.25) is 0 Å². The van der Waals surface area contributed by atoms with E-state index in [1.165, 1.54) is 83.5 Å². The highest BCUT2D eigenvalue weighted by Gasteiger charge is 2.50. The van der Waals surface area contributed by atoms with Gasteiger partial charge in [-0.1, -0.05) is 265 Å². The van der Waals surface area contributed by atoms with Crippen LogP contribution < -0.4 is 0 Å². The number of aliphatic hydroxyl groups excluding tert-OH is 2. The van der Waals surface area contributed by atoms with Gasteiger partial charge in [-0.25, -0.2) is 4.79 Å². The second-order valence-electron chi connectivity index (χ2n) is 22.7. The van der Waals surface area contributed by atoms with E-state index in [0.717, 1.165) is 135 Å². The second-order valence-corrected chi connectivity index (χ2v) is 22.7. The van der Waals surface area contributed by atoms with Gasteiger partial charge in [0.15, 0.2) is 24.6 Å². The Hall–Kier alpha value is -4.62. The lowest BCUT2D eigenvalue weighted by atomic mass is 9.98. The minimum atomic E-state index is -1.92. The maximum absolute atomic E-state index is 13.2. The maximum atomic E-state index is 13.2. The zero-order valence-electron chi connectivity index (χ0n) is 53.6. The minimum Gasteiger partial charge on any atom is -0.479 e. The average molecular weight is 1190 g/mol. The highest BCUT2D eigenvalue weighted by molar-refractivity contribution is 5.74. The number of esters is 3. The van der Waals surface area contributed by atoms with Crippen molar-refractivity contribution in [2.45, 2.75) is 314 Å². The second kappa shape index (κ2) is 59.7. The molecule has 1 aliphatic rings. The van der Waals surface area contributed by atoms with E-state index in [2.05, 4.69) is 130 Å². The van der Waals surface area contributed by atoms with E-state index in [4.69, 9.17) is 23.7 Å². The fourth-order valence-corrected chi connectivity index (χ4v) is 9.74. The average Bonchev–Trinajstić information content (AvgIpc) is 3.51. The summed E-state index contributed by atoms with van der Waals surface area (Å²) in [5.74, 6) is -3.17. The molecule has 85 heavy (non-hydrogen) atoms. The Labute approximate surface area is 516 Å². The van der Waals surface area contributed by atoms with Crippen LogP contribution in [0.5, 0.6) is 0 Å². The van der Waals surface area contributed by atoms with Crippen molar-refractivity contribution in [2.24, 2.45) is 0 Å². The van der Waals surface area contributed by atoms with Crippen molar-refractivity contribution in [3.63, 3.8) is 0 Å². The van der Waals surface area contributed by atoms with E-state index in [9.17, 15) is 34.5 Å². The third-order valence-electron chi connectivity index (χ3n) is 14.8. The highest BCUT2D eigenvalue weighted by Crippen LogP contribution is 2.27. The van der Waals surface area contributed by atoms with Gasteiger partial charge < -0.3 is 39.0 Å². The predicted molar refractivity (Wildman–Crippen MR) is 349 cm³/mol. The molecule has 0 bridgehead atoms. The first-order chi connectivity index (χ1) is 41.6. The number of carboxylic acids is 1. The zero-order valence-corrected chi connectivity index (χ0v) is 53.6. The SMILES string of the molecule is CC/C=C\C/C=C\C/C=C\C/C=C\C/C=C\CCCCCC(=O)OCC(COC1OC(C(=O)O)C(O)C(O)C1OC(=O)CCCCCCCC/C=C\C/C=C\C/C=C\C/C=C\CC)OC(=O)CCCCCCCCCCCCCCCCCCC. The van der Waals surface area contributed by atoms with Crippen molar-refractivity contribution in [1.29, 1.82) is 0 Å². The Balaban J connectivity index is 2.68. The lowest BCUT2D eigenvalue weighted by molar-refractivity contribution is -0.301. The molecule has 0 amide bonds. The van der Waals surface area contributed by atoms with Gasteiger partial charge in [0.1, 0.15) is 18.8 Å². The van der Waals surface area contributed by atoms with E-state index in [1.807, 2.05) is 0 Å². The highest BCUT2D eigenvalue weighted by atomic mass is 16.7. The number of aliphatic hydroxyl groups is 2. The molecule has 6 atom stereocenters. The lowest BCUT2D eigenvalue weighted by Gasteiger charge is -2.40. The Morgan fingerprint density at radius 2 is 0.741 bits per heavy atom. The summed E-state index contributed by atoms with van der Waals surface area (Å²) in [6.45, 7) is 5.77. The molecule has 484 valence electrons. The van der Waals surface area contributed by atoms with E-state index in [-0.39, 0.29) is 25.9 Å². The molecule has 1 saturated heterocycles. The maximum Gasteiger partial charge on any atom is 0.335 e. The van der Waals surface area contributed by atoms with Crippen molar-refractivity contribution in [3.8, 4) is 0 Å². The van der Waals surface area contributed by atoms with Crippen LogP contribution in [0.1, 0.15) is 278 Å². The minimum absolute atomic E-state index is 0.0370. The zero-order chi connectivity index (χ0) is 61.7. The van der Waals surface area contributed by atoms with Crippen molar-refractivity contribution >= 4 is 23.9 Å². The first-order valence-corrected chi connectivity index (χ1v) is 33.9. The number of allylic oxidation sites excluding steroid dienone is 18. The molecule has 0 aliphatic carbocycles. The van der Waals surface area contributed by atoms with E-state index >= 15 is 0 Å². The van der Waals surface area contributed by atoms with Crippen LogP contribution >= 0.6 is 0 Å². The Bertz CT molecular complexity index is 1890. The molecule has 12 nitrogen and oxygen atoms in total. The van der Waals surface area contributed by atoms with Gasteiger partial charge in [-0.2, -0.15) is 0 Å². The quantitative estimate of drug-likeness (QED) is 0.0228. The van der Waals surface area contributed by atoms with Crippen LogP contribution in [0, 0.1) is 0 Å². The summed E-state index contributed by atoms with van der Waals surface area (Å²) < 4.78 is 28.6. The first kappa shape index (κ1) is 78.4. The Morgan fingerprint density at radius 1 is 0.400 bits per heavy atom. The van der Waals surface area contributed by atoms with Gasteiger partial charge in [0.25, 0.3) is 0 Å². The van der Waals surface area contributed by atoms with E-state index < -0.39 is 67.3 Å². The lowest BCUT2D eigenvalue weighted by Crippen LogP contribution is -2.61. The van der Waals surface area contributed by atoms with Crippen molar-refractivity contribution in [1.82, 2.24) is 0 Å². The molecule has 1 aliphatic heterocycles. The van der Waals surface area contributed by atoms with Crippen molar-refractivity contribution < 1.29 is 58.2 Å². The van der Waals surface area contributed by atoms with Crippen LogP contribution in [0.3, 0.4) is 0 Å². The van der Waals surface area contributed by atoms with Gasteiger partial charge in [0, 0.05) is 19.3 Å². The van der Waals surface area contributed by atoms with Gasteiger partial charge in [-0.3, -0.25) is 14.4 Å². The number of unbranched alkanes of at least 4 members (excludes halogenated alkanes) is 25. The van der Waals surface area contributed by atoms with Gasteiger partial charge in [0.05, 0.1) is 6.61 Å². The van der Waals surface area contributed by atoms with Crippen LogP contribution in [0.15, 0.2) is 109 Å². The molecule has 1 rings (SSSR count). The third kappa shape index (κ3) is 49.1. The van der Waals surface area contributed by atoms with E-state index in [1.54, 1.807) is 0 Å². The van der Waals surface area contributed by atoms with E-state index in [0.29, 0.717) is 19.3 Å². The molecule has 0 saturated carbocycles. The number of carboxylic acid groups (broad SMARTS) is 1. The molecule has 1 fully saturated rings. The molecule has 0 spiro atoms. The number of aliphatic carboxylic acids is 1. The molecule has 0 aromatic carbocycles. The summed E-state index contributed by atoms with van der Waals surface area (Å²) in [7, 11) is 0. The van der Waals surface area contributed by atoms with Gasteiger partial charge >= 0.3 is 23.9 Å². The van der Waals surface area contributed by atoms with Crippen molar-refractivity contribution in [3.05, 3.63) is 109 Å². The van der Waals surface area contributed by atoms with Gasteiger partial charge in [-0.15, -0.1) is 0 Å². The topological polar surface area (TPSA) is 175 Å². The summed E-state index contributed by atoms with van der Waals surface area (Å²) in [6, 6.07) is 0. The number of carbonyl (C=O) groups excluding carboxylic acids is 3. The summed E-state index contributed by atoms with van der Waals surface area (Å²) in [4.78, 5) is 51.4. The number of ether oxygens (including phenoxy) is 5. The molecule has 6 unspecified atom stereocenters. The van der Waals surface area contributed by atoms with Crippen LogP contribution in [0.25, 0.3) is 0 Å². The summed E-state index contributed by atoms with van der Waals surface area (Å²) >= 11 is 0. The number of rotatable bonds is 57. The molecule has 0 radical (unpaired) electrons. The normalized spacial score (nSPS) is 18.2. The largest absolute Gasteiger partial charge is 0.479 e. The smallest absolute Gasteiger partial charge is 0.335 e. The summed E-state index contributed by atoms with van der Waals surface area (Å²) in [5, 5.41) is 31.6. The summed E-state index contributed by atoms with van der Waals surface area (Å²) in [6.07, 6.45) is 68.9. The molecular formula is C73H120O12. The predicted octanol–water partition coefficient (Wildman–Crippen LogP) is 18.6. The van der Waals surface area contributed by atoms with Crippen LogP contribution in [-0.4, -0.2) is 89.2 Å². The molecule has 3 N–H and O–H groups in total. The van der Waals surface area contributed by atoms with Crippen molar-refractivity contribution in [2.75, 3.05) is 13.2 Å². The Kier molecular flexibility index (Phi) is 55.1. The first-order valence-electron chi connectivity index (χ1n) is 33.9. The van der Waals surface area contributed by atoms with Gasteiger partial charge in [-0.05, 0) is 103 Å². The summed E-state index contributed by atoms with van der Waals surface area (Å²) in [5.41, 5.74) is 0. The Morgan fingerprint density at radius 3 is 1.14 bits per heavy atom. The van der Waals surface area contributed by atoms with Crippen LogP contribution in [0.2, 0.25) is 0 Å². The number of carbonyl (C=O) groups is 4. The molecule has 0 aromatic heterocycles. The molecule has 1 heterocycles. The monoisotopic (exact) mass is 1190 g/mol. The number of hydrogen-bond acceptors (Lipinski definition) is 11. The number of hydrogen-bond donors (Lipinski definition) is 3. The standard InChI is InChI=1S/C73H120O12/c1-4-7-10-13-16-19-22-25-28-31-33-36-38-41-44-47-50-53-56-59-65(74)81-62-64(83-66(75)60-57-54-51-48-45-42-39-35-30-27-24-21-18-15-12-9-6-3)63-82-73-71(69(78)68(77)70(85-73)72(79)80)84-67(76)61-58-55-52-49-46-43-40-37-34-32-29-26-23-20-17-14-11-8-5-2/h7-8,10-11,16-17,19-20,25-26,28-29,33-34,36-37,41,44,64,68-71,73,77-78H,4-6,9,12-15,18,21-24,27,30-32,35,38-40,42-43,45-63H2,1-3H3,(H,79,80)/b10-7-,11-8-,19-16-,20-17-,28-25-,29-26-,36-33-,37-34-,44-41-. The third-order valence-corrected chi connectivity index (χ3v) is 14.8. The molecular weight excluding hydrogens is 1070 g/mol. The van der Waals surface area contributed by atoms with Crippen LogP contribution in [0.4, 0.5) is 0 Å².